The van der Waals surface area contributed by atoms with Crippen LogP contribution in [0.15, 0.2) is 29.8 Å². The highest BCUT2D eigenvalue weighted by molar-refractivity contribution is 6.31. The molecular formula is C15H20ClFN2. The Morgan fingerprint density at radius 2 is 2.00 bits per heavy atom. The van der Waals surface area contributed by atoms with Crippen LogP contribution in [0.5, 0.6) is 0 Å². The molecule has 1 aliphatic carbocycles. The second-order valence-electron chi connectivity index (χ2n) is 4.97. The average molecular weight is 283 g/mol. The van der Waals surface area contributed by atoms with Crippen molar-refractivity contribution in [3.05, 3.63) is 46.3 Å². The molecule has 0 radical (unpaired) electrons. The molecule has 0 amide bonds. The van der Waals surface area contributed by atoms with Gasteiger partial charge in [-0.25, -0.2) is 9.82 Å². The van der Waals surface area contributed by atoms with Crippen LogP contribution in [0.1, 0.15) is 50.1 Å². The Bertz CT molecular complexity index is 439. The molecule has 0 fully saturated rings. The van der Waals surface area contributed by atoms with Gasteiger partial charge >= 0.3 is 0 Å². The van der Waals surface area contributed by atoms with E-state index in [0.717, 1.165) is 24.8 Å². The van der Waals surface area contributed by atoms with E-state index >= 15 is 0 Å². The lowest BCUT2D eigenvalue weighted by atomic mass is 9.91. The number of hydrazine groups is 1. The van der Waals surface area contributed by atoms with E-state index in [1.54, 1.807) is 12.1 Å². The van der Waals surface area contributed by atoms with Gasteiger partial charge < -0.3 is 0 Å². The van der Waals surface area contributed by atoms with Crippen molar-refractivity contribution < 1.29 is 4.39 Å². The Labute approximate surface area is 118 Å². The monoisotopic (exact) mass is 282 g/mol. The van der Waals surface area contributed by atoms with E-state index in [1.807, 2.05) is 0 Å². The van der Waals surface area contributed by atoms with Crippen molar-refractivity contribution in [2.75, 3.05) is 0 Å². The van der Waals surface area contributed by atoms with Crippen molar-refractivity contribution in [3.8, 4) is 0 Å². The third kappa shape index (κ3) is 3.56. The molecule has 0 aromatic heterocycles. The number of hydrogen-bond acceptors (Lipinski definition) is 2. The average Bonchev–Trinajstić information content (AvgIpc) is 2.35. The van der Waals surface area contributed by atoms with Crippen molar-refractivity contribution in [3.63, 3.8) is 0 Å². The van der Waals surface area contributed by atoms with Gasteiger partial charge in [0.1, 0.15) is 5.82 Å². The topological polar surface area (TPSA) is 38.0 Å². The molecule has 0 saturated heterocycles. The summed E-state index contributed by atoms with van der Waals surface area (Å²) in [5, 5.41) is 0.422. The molecule has 1 aromatic rings. The first kappa shape index (κ1) is 14.5. The van der Waals surface area contributed by atoms with Gasteiger partial charge in [-0.05, 0) is 37.8 Å². The van der Waals surface area contributed by atoms with Crippen LogP contribution in [0, 0.1) is 5.82 Å². The fourth-order valence-electron chi connectivity index (χ4n) is 2.64. The summed E-state index contributed by atoms with van der Waals surface area (Å²) in [5.74, 6) is 5.34. The van der Waals surface area contributed by atoms with Gasteiger partial charge in [0.05, 0.1) is 6.04 Å². The molecule has 0 heterocycles. The van der Waals surface area contributed by atoms with Crippen LogP contribution >= 0.6 is 11.6 Å². The Morgan fingerprint density at radius 1 is 1.21 bits per heavy atom. The quantitative estimate of drug-likeness (QED) is 0.494. The predicted molar refractivity (Wildman–Crippen MR) is 77.3 cm³/mol. The lowest BCUT2D eigenvalue weighted by molar-refractivity contribution is 0.525. The summed E-state index contributed by atoms with van der Waals surface area (Å²) in [4.78, 5) is 0. The van der Waals surface area contributed by atoms with E-state index in [2.05, 4.69) is 11.5 Å². The summed E-state index contributed by atoms with van der Waals surface area (Å²) in [7, 11) is 0. The molecule has 4 heteroatoms. The highest BCUT2D eigenvalue weighted by Gasteiger charge is 2.21. The van der Waals surface area contributed by atoms with Crippen molar-refractivity contribution in [2.45, 2.75) is 44.6 Å². The zero-order chi connectivity index (χ0) is 13.7. The highest BCUT2D eigenvalue weighted by atomic mass is 35.5. The highest BCUT2D eigenvalue weighted by Crippen LogP contribution is 2.33. The number of hydrogen-bond donors (Lipinski definition) is 2. The number of benzene rings is 1. The zero-order valence-electron chi connectivity index (χ0n) is 11.0. The molecule has 0 aliphatic heterocycles. The maximum absolute atomic E-state index is 14.0. The summed E-state index contributed by atoms with van der Waals surface area (Å²) in [5.41, 5.74) is 4.33. The van der Waals surface area contributed by atoms with Crippen LogP contribution in [-0.4, -0.2) is 0 Å². The molecule has 1 atom stereocenters. The number of nitrogens with two attached hydrogens (primary N) is 1. The lowest BCUT2D eigenvalue weighted by Gasteiger charge is -2.23. The van der Waals surface area contributed by atoms with Gasteiger partial charge in [-0.15, -0.1) is 0 Å². The molecule has 0 bridgehead atoms. The second kappa shape index (κ2) is 7.04. The van der Waals surface area contributed by atoms with Crippen molar-refractivity contribution >= 4 is 11.6 Å². The summed E-state index contributed by atoms with van der Waals surface area (Å²) in [6, 6.07) is 4.41. The standard InChI is InChI=1S/C15H20ClFN2/c16-12-9-6-10-13(17)14(12)15(19-18)11-7-4-2-1-3-5-8-11/h6-7,9-10,15,19H,1-5,8,18H2/b11-7+. The fourth-order valence-corrected chi connectivity index (χ4v) is 2.91. The van der Waals surface area contributed by atoms with Crippen LogP contribution < -0.4 is 11.3 Å². The Hall–Kier alpha value is -0.900. The fraction of sp³-hybridized carbons (Fsp3) is 0.467. The molecule has 104 valence electrons. The largest absolute Gasteiger partial charge is 0.271 e. The molecule has 19 heavy (non-hydrogen) atoms. The van der Waals surface area contributed by atoms with E-state index < -0.39 is 0 Å². The normalized spacial score (nSPS) is 21.1. The van der Waals surface area contributed by atoms with E-state index in [1.165, 1.54) is 25.3 Å². The maximum atomic E-state index is 14.0. The van der Waals surface area contributed by atoms with Gasteiger partial charge in [0.15, 0.2) is 0 Å². The Morgan fingerprint density at radius 3 is 2.74 bits per heavy atom. The first-order valence-corrected chi connectivity index (χ1v) is 7.21. The summed E-state index contributed by atoms with van der Waals surface area (Å²) < 4.78 is 14.0. The smallest absolute Gasteiger partial charge is 0.129 e. The third-order valence-corrected chi connectivity index (χ3v) is 3.98. The molecule has 1 aliphatic rings. The molecular weight excluding hydrogens is 263 g/mol. The number of halogens is 2. The molecule has 2 nitrogen and oxygen atoms in total. The van der Waals surface area contributed by atoms with Crippen molar-refractivity contribution in [2.24, 2.45) is 5.84 Å². The van der Waals surface area contributed by atoms with Gasteiger partial charge in [0, 0.05) is 10.6 Å². The SMILES string of the molecule is NNC(/C1=C/CCCCCC1)c1c(F)cccc1Cl. The minimum atomic E-state index is -0.327. The minimum absolute atomic E-state index is 0.307. The molecule has 0 saturated carbocycles. The maximum Gasteiger partial charge on any atom is 0.129 e. The first-order chi connectivity index (χ1) is 9.24. The van der Waals surface area contributed by atoms with Crippen LogP contribution in [-0.2, 0) is 0 Å². The molecule has 2 rings (SSSR count). The van der Waals surface area contributed by atoms with Gasteiger partial charge in [0.2, 0.25) is 0 Å². The number of nitrogens with one attached hydrogen (secondary N) is 1. The van der Waals surface area contributed by atoms with Crippen LogP contribution in [0.3, 0.4) is 0 Å². The van der Waals surface area contributed by atoms with Crippen LogP contribution in [0.2, 0.25) is 5.02 Å². The lowest BCUT2D eigenvalue weighted by Crippen LogP contribution is -2.30. The second-order valence-corrected chi connectivity index (χ2v) is 5.37. The molecule has 1 aromatic carbocycles. The first-order valence-electron chi connectivity index (χ1n) is 6.83. The number of rotatable bonds is 3. The van der Waals surface area contributed by atoms with Crippen molar-refractivity contribution in [1.29, 1.82) is 0 Å². The Kier molecular flexibility index (Phi) is 5.37. The Balaban J connectivity index is 2.32. The van der Waals surface area contributed by atoms with Gasteiger partial charge in [-0.3, -0.25) is 5.84 Å². The predicted octanol–water partition coefficient (Wildman–Crippen LogP) is 4.26. The van der Waals surface area contributed by atoms with Gasteiger partial charge in [0.25, 0.3) is 0 Å². The van der Waals surface area contributed by atoms with E-state index in [9.17, 15) is 4.39 Å². The summed E-state index contributed by atoms with van der Waals surface area (Å²) in [6.07, 6.45) is 8.96. The van der Waals surface area contributed by atoms with E-state index in [4.69, 9.17) is 17.4 Å². The van der Waals surface area contributed by atoms with E-state index in [-0.39, 0.29) is 11.9 Å². The molecule has 3 N–H and O–H groups in total. The number of allylic oxidation sites excluding steroid dienone is 1. The molecule has 0 spiro atoms. The summed E-state index contributed by atoms with van der Waals surface area (Å²) in [6.45, 7) is 0. The van der Waals surface area contributed by atoms with Gasteiger partial charge in [-0.1, -0.05) is 42.2 Å². The van der Waals surface area contributed by atoms with Crippen molar-refractivity contribution in [1.82, 2.24) is 5.43 Å². The van der Waals surface area contributed by atoms with Crippen LogP contribution in [0.25, 0.3) is 0 Å². The van der Waals surface area contributed by atoms with Crippen LogP contribution in [0.4, 0.5) is 4.39 Å². The third-order valence-electron chi connectivity index (χ3n) is 3.65. The minimum Gasteiger partial charge on any atom is -0.271 e. The van der Waals surface area contributed by atoms with E-state index in [0.29, 0.717) is 10.6 Å². The summed E-state index contributed by atoms with van der Waals surface area (Å²) >= 11 is 6.13. The van der Waals surface area contributed by atoms with Gasteiger partial charge in [-0.2, -0.15) is 0 Å². The zero-order valence-corrected chi connectivity index (χ0v) is 11.7. The molecule has 1 unspecified atom stereocenters.